The van der Waals surface area contributed by atoms with E-state index in [4.69, 9.17) is 4.74 Å². The molecule has 20 heavy (non-hydrogen) atoms. The molecule has 0 atom stereocenters. The first kappa shape index (κ1) is 15.8. The van der Waals surface area contributed by atoms with Crippen LogP contribution in [0.4, 0.5) is 0 Å². The molecule has 0 aromatic carbocycles. The van der Waals surface area contributed by atoms with Crippen molar-refractivity contribution >= 4 is 5.97 Å². The van der Waals surface area contributed by atoms with E-state index >= 15 is 0 Å². The highest BCUT2D eigenvalue weighted by Crippen LogP contribution is 2.34. The van der Waals surface area contributed by atoms with Gasteiger partial charge < -0.3 is 10.1 Å². The predicted octanol–water partition coefficient (Wildman–Crippen LogP) is 2.50. The number of piperidine rings is 1. The van der Waals surface area contributed by atoms with Crippen LogP contribution in [0, 0.1) is 17.8 Å². The van der Waals surface area contributed by atoms with E-state index in [1.54, 1.807) is 0 Å². The van der Waals surface area contributed by atoms with Gasteiger partial charge in [0.2, 0.25) is 0 Å². The lowest BCUT2D eigenvalue weighted by Crippen LogP contribution is -2.86. The van der Waals surface area contributed by atoms with E-state index in [0.29, 0.717) is 5.92 Å². The Kier molecular flexibility index (Phi) is 5.48. The molecule has 1 aliphatic carbocycles. The van der Waals surface area contributed by atoms with Crippen molar-refractivity contribution in [3.63, 3.8) is 0 Å². The Balaban J connectivity index is 1.83. The fourth-order valence-electron chi connectivity index (χ4n) is 3.85. The average Bonchev–Trinajstić information content (AvgIpc) is 2.48. The lowest BCUT2D eigenvalue weighted by Gasteiger charge is -2.37. The topological polar surface area (TPSA) is 42.9 Å². The maximum absolute atomic E-state index is 12.4. The van der Waals surface area contributed by atoms with Crippen LogP contribution >= 0.6 is 0 Å². The highest BCUT2D eigenvalue weighted by atomic mass is 16.6. The van der Waals surface area contributed by atoms with E-state index in [2.05, 4.69) is 26.1 Å². The van der Waals surface area contributed by atoms with Crippen LogP contribution in [0.15, 0.2) is 0 Å². The lowest BCUT2D eigenvalue weighted by molar-refractivity contribution is -0.665. The molecule has 0 spiro atoms. The Labute approximate surface area is 123 Å². The van der Waals surface area contributed by atoms with Gasteiger partial charge in [-0.3, -0.25) is 4.79 Å². The normalized spacial score (nSPS) is 29.1. The summed E-state index contributed by atoms with van der Waals surface area (Å²) in [6.07, 6.45) is 8.07. The van der Waals surface area contributed by atoms with E-state index in [1.807, 2.05) is 0 Å². The first-order valence-electron chi connectivity index (χ1n) is 8.57. The van der Waals surface area contributed by atoms with Crippen molar-refractivity contribution in [2.45, 2.75) is 71.3 Å². The number of ether oxygens (including phenoxy) is 1. The molecule has 0 aromatic rings. The molecule has 1 aliphatic heterocycles. The van der Waals surface area contributed by atoms with Crippen LogP contribution in [0.5, 0.6) is 0 Å². The lowest BCUT2D eigenvalue weighted by atomic mass is 9.80. The molecular weight excluding hydrogens is 250 g/mol. The van der Waals surface area contributed by atoms with Gasteiger partial charge in [0.05, 0.1) is 19.0 Å². The van der Waals surface area contributed by atoms with Crippen LogP contribution in [-0.2, 0) is 9.53 Å². The Hall–Kier alpha value is -0.570. The zero-order valence-corrected chi connectivity index (χ0v) is 13.5. The molecule has 1 saturated carbocycles. The highest BCUT2D eigenvalue weighted by Gasteiger charge is 2.37. The summed E-state index contributed by atoms with van der Waals surface area (Å²) >= 11 is 0. The second kappa shape index (κ2) is 6.93. The number of quaternary nitrogens is 1. The number of carbonyl (C=O) groups is 1. The zero-order chi connectivity index (χ0) is 14.6. The van der Waals surface area contributed by atoms with E-state index in [9.17, 15) is 4.79 Å². The van der Waals surface area contributed by atoms with Crippen LogP contribution in [0.2, 0.25) is 0 Å². The van der Waals surface area contributed by atoms with E-state index in [1.165, 1.54) is 45.2 Å². The van der Waals surface area contributed by atoms with Gasteiger partial charge >= 0.3 is 5.97 Å². The number of carbonyl (C=O) groups excluding carboxylic acids is 1. The van der Waals surface area contributed by atoms with Crippen LogP contribution in [0.1, 0.15) is 65.7 Å². The van der Waals surface area contributed by atoms with Crippen molar-refractivity contribution in [2.24, 2.45) is 17.8 Å². The second-order valence-electron chi connectivity index (χ2n) is 7.29. The Morgan fingerprint density at radius 1 is 1.10 bits per heavy atom. The molecule has 0 amide bonds. The molecule has 2 aliphatic rings. The SMILES string of the molecule is CCC1CCC(C(=O)OC(C)(C)C2CC[NH2+]CC2)CC1. The maximum Gasteiger partial charge on any atom is 0.309 e. The minimum Gasteiger partial charge on any atom is -0.459 e. The number of hydrogen-bond donors (Lipinski definition) is 1. The van der Waals surface area contributed by atoms with Gasteiger partial charge in [0.25, 0.3) is 0 Å². The molecule has 0 unspecified atom stereocenters. The molecule has 1 heterocycles. The molecule has 1 saturated heterocycles. The molecule has 2 N–H and O–H groups in total. The highest BCUT2D eigenvalue weighted by molar-refractivity contribution is 5.73. The van der Waals surface area contributed by atoms with Crippen LogP contribution < -0.4 is 5.32 Å². The van der Waals surface area contributed by atoms with Gasteiger partial charge in [-0.2, -0.15) is 0 Å². The zero-order valence-electron chi connectivity index (χ0n) is 13.5. The summed E-state index contributed by atoms with van der Waals surface area (Å²) in [5, 5.41) is 2.36. The van der Waals surface area contributed by atoms with Gasteiger partial charge in [-0.05, 0) is 45.4 Å². The smallest absolute Gasteiger partial charge is 0.309 e. The van der Waals surface area contributed by atoms with Crippen LogP contribution in [-0.4, -0.2) is 24.7 Å². The fourth-order valence-corrected chi connectivity index (χ4v) is 3.85. The van der Waals surface area contributed by atoms with Gasteiger partial charge in [0.1, 0.15) is 5.60 Å². The van der Waals surface area contributed by atoms with Gasteiger partial charge in [0.15, 0.2) is 0 Å². The Bertz CT molecular complexity index is 313. The molecule has 3 nitrogen and oxygen atoms in total. The molecule has 0 bridgehead atoms. The quantitative estimate of drug-likeness (QED) is 0.805. The number of nitrogens with two attached hydrogens (primary N) is 1. The Morgan fingerprint density at radius 2 is 1.70 bits per heavy atom. The third-order valence-corrected chi connectivity index (χ3v) is 5.54. The summed E-state index contributed by atoms with van der Waals surface area (Å²) < 4.78 is 5.93. The minimum atomic E-state index is -0.285. The third kappa shape index (κ3) is 3.97. The summed E-state index contributed by atoms with van der Waals surface area (Å²) in [5.74, 6) is 1.59. The number of hydrogen-bond acceptors (Lipinski definition) is 2. The maximum atomic E-state index is 12.4. The summed E-state index contributed by atoms with van der Waals surface area (Å²) in [7, 11) is 0. The van der Waals surface area contributed by atoms with Crippen LogP contribution in [0.3, 0.4) is 0 Å². The van der Waals surface area contributed by atoms with Crippen molar-refractivity contribution < 1.29 is 14.8 Å². The molecule has 0 radical (unpaired) electrons. The van der Waals surface area contributed by atoms with E-state index < -0.39 is 0 Å². The van der Waals surface area contributed by atoms with Gasteiger partial charge in [-0.15, -0.1) is 0 Å². The number of esters is 1. The van der Waals surface area contributed by atoms with Gasteiger partial charge in [-0.1, -0.05) is 13.3 Å². The molecule has 2 fully saturated rings. The largest absolute Gasteiger partial charge is 0.459 e. The minimum absolute atomic E-state index is 0.0686. The second-order valence-corrected chi connectivity index (χ2v) is 7.29. The summed E-state index contributed by atoms with van der Waals surface area (Å²) in [6.45, 7) is 8.82. The third-order valence-electron chi connectivity index (χ3n) is 5.54. The van der Waals surface area contributed by atoms with E-state index in [0.717, 1.165) is 18.8 Å². The summed E-state index contributed by atoms with van der Waals surface area (Å²) in [4.78, 5) is 12.4. The molecular formula is C17H32NO2+. The van der Waals surface area contributed by atoms with Crippen molar-refractivity contribution in [1.29, 1.82) is 0 Å². The van der Waals surface area contributed by atoms with Gasteiger partial charge in [0, 0.05) is 18.8 Å². The average molecular weight is 282 g/mol. The van der Waals surface area contributed by atoms with Crippen molar-refractivity contribution in [3.05, 3.63) is 0 Å². The molecule has 116 valence electrons. The van der Waals surface area contributed by atoms with Crippen molar-refractivity contribution in [1.82, 2.24) is 0 Å². The van der Waals surface area contributed by atoms with Crippen molar-refractivity contribution in [2.75, 3.05) is 13.1 Å². The predicted molar refractivity (Wildman–Crippen MR) is 80.3 cm³/mol. The summed E-state index contributed by atoms with van der Waals surface area (Å²) in [5.41, 5.74) is -0.285. The Morgan fingerprint density at radius 3 is 2.25 bits per heavy atom. The monoisotopic (exact) mass is 282 g/mol. The number of rotatable bonds is 4. The molecule has 3 heteroatoms. The first-order chi connectivity index (χ1) is 9.53. The van der Waals surface area contributed by atoms with Gasteiger partial charge in [-0.25, -0.2) is 0 Å². The molecule has 2 rings (SSSR count). The standard InChI is InChI=1S/C17H31NO2/c1-4-13-5-7-14(8-6-13)16(19)20-17(2,3)15-9-11-18-12-10-15/h13-15,18H,4-12H2,1-3H3/p+1. The van der Waals surface area contributed by atoms with E-state index in [-0.39, 0.29) is 17.5 Å². The van der Waals surface area contributed by atoms with Crippen molar-refractivity contribution in [3.8, 4) is 0 Å². The fraction of sp³-hybridized carbons (Fsp3) is 0.941. The summed E-state index contributed by atoms with van der Waals surface area (Å²) in [6, 6.07) is 0. The van der Waals surface area contributed by atoms with Crippen LogP contribution in [0.25, 0.3) is 0 Å². The first-order valence-corrected chi connectivity index (χ1v) is 8.57. The molecule has 0 aromatic heterocycles.